The summed E-state index contributed by atoms with van der Waals surface area (Å²) in [6.07, 6.45) is 8.12. The topological polar surface area (TPSA) is 12.0 Å². The molecule has 0 spiro atoms. The van der Waals surface area contributed by atoms with Crippen LogP contribution in [0.25, 0.3) is 0 Å². The molecule has 2 rings (SSSR count). The van der Waals surface area contributed by atoms with Crippen LogP contribution in [0, 0.1) is 0 Å². The van der Waals surface area contributed by atoms with E-state index in [2.05, 4.69) is 43.4 Å². The molecule has 1 aliphatic carbocycles. The molecule has 0 amide bonds. The van der Waals surface area contributed by atoms with E-state index < -0.39 is 0 Å². The normalized spacial score (nSPS) is 16.8. The van der Waals surface area contributed by atoms with Crippen LogP contribution in [0.2, 0.25) is 0 Å². The van der Waals surface area contributed by atoms with Gasteiger partial charge in [0, 0.05) is 12.6 Å². The molecule has 0 aliphatic heterocycles. The molecule has 1 atom stereocenters. The number of unbranched alkanes of at least 4 members (excludes halogenated alkanes) is 2. The molecule has 1 nitrogen and oxygen atoms in total. The summed E-state index contributed by atoms with van der Waals surface area (Å²) in [4.78, 5) is 0. The lowest BCUT2D eigenvalue weighted by Crippen LogP contribution is -2.25. The van der Waals surface area contributed by atoms with Gasteiger partial charge in [-0.05, 0) is 43.2 Å². The highest BCUT2D eigenvalue weighted by Crippen LogP contribution is 2.39. The standard InChI is InChI=1S/C17H27N/c1-3-4-5-6-14(2)18-13-15-7-9-16(10-8-15)17-11-12-17/h7-10,14,17-18H,3-6,11-13H2,1-2H3. The molecule has 1 aliphatic rings. The minimum absolute atomic E-state index is 0.639. The Labute approximate surface area is 112 Å². The van der Waals surface area contributed by atoms with E-state index in [4.69, 9.17) is 0 Å². The number of nitrogens with one attached hydrogen (secondary N) is 1. The van der Waals surface area contributed by atoms with Gasteiger partial charge in [-0.3, -0.25) is 0 Å². The molecule has 1 heteroatoms. The van der Waals surface area contributed by atoms with Crippen molar-refractivity contribution >= 4 is 0 Å². The lowest BCUT2D eigenvalue weighted by atomic mass is 10.1. The number of hydrogen-bond acceptors (Lipinski definition) is 1. The van der Waals surface area contributed by atoms with Gasteiger partial charge in [-0.25, -0.2) is 0 Å². The summed E-state index contributed by atoms with van der Waals surface area (Å²) in [5, 5.41) is 3.62. The molecule has 0 aromatic heterocycles. The lowest BCUT2D eigenvalue weighted by molar-refractivity contribution is 0.487. The van der Waals surface area contributed by atoms with Crippen molar-refractivity contribution in [3.05, 3.63) is 35.4 Å². The maximum absolute atomic E-state index is 3.62. The predicted molar refractivity (Wildman–Crippen MR) is 78.9 cm³/mol. The second-order valence-electron chi connectivity index (χ2n) is 5.79. The number of hydrogen-bond donors (Lipinski definition) is 1. The number of benzene rings is 1. The molecule has 1 N–H and O–H groups in total. The summed E-state index contributed by atoms with van der Waals surface area (Å²) in [5.74, 6) is 0.875. The fourth-order valence-corrected chi connectivity index (χ4v) is 2.42. The summed E-state index contributed by atoms with van der Waals surface area (Å²) >= 11 is 0. The van der Waals surface area contributed by atoms with Gasteiger partial charge < -0.3 is 5.32 Å². The highest BCUT2D eigenvalue weighted by Gasteiger charge is 2.22. The molecule has 0 heterocycles. The smallest absolute Gasteiger partial charge is 0.0207 e. The third kappa shape index (κ3) is 4.45. The Morgan fingerprint density at radius 1 is 1.17 bits per heavy atom. The summed E-state index contributed by atoms with van der Waals surface area (Å²) in [7, 11) is 0. The lowest BCUT2D eigenvalue weighted by Gasteiger charge is -2.13. The zero-order valence-electron chi connectivity index (χ0n) is 11.9. The molecule has 100 valence electrons. The van der Waals surface area contributed by atoms with Crippen molar-refractivity contribution in [3.8, 4) is 0 Å². The first-order valence-corrected chi connectivity index (χ1v) is 7.62. The monoisotopic (exact) mass is 245 g/mol. The quantitative estimate of drug-likeness (QED) is 0.659. The zero-order valence-corrected chi connectivity index (χ0v) is 11.9. The summed E-state index contributed by atoms with van der Waals surface area (Å²) in [5.41, 5.74) is 2.96. The van der Waals surface area contributed by atoms with E-state index >= 15 is 0 Å². The molecular formula is C17H27N. The Balaban J connectivity index is 1.68. The largest absolute Gasteiger partial charge is 0.310 e. The van der Waals surface area contributed by atoms with Gasteiger partial charge in [0.25, 0.3) is 0 Å². The predicted octanol–water partition coefficient (Wildman–Crippen LogP) is 4.62. The van der Waals surface area contributed by atoms with Crippen LogP contribution in [0.15, 0.2) is 24.3 Å². The van der Waals surface area contributed by atoms with Crippen LogP contribution in [-0.2, 0) is 6.54 Å². The van der Waals surface area contributed by atoms with Gasteiger partial charge >= 0.3 is 0 Å². The van der Waals surface area contributed by atoms with E-state index in [0.717, 1.165) is 12.5 Å². The van der Waals surface area contributed by atoms with Crippen LogP contribution in [0.4, 0.5) is 0 Å². The fourth-order valence-electron chi connectivity index (χ4n) is 2.42. The average molecular weight is 245 g/mol. The van der Waals surface area contributed by atoms with E-state index in [9.17, 15) is 0 Å². The molecule has 1 unspecified atom stereocenters. The first-order valence-electron chi connectivity index (χ1n) is 7.62. The maximum Gasteiger partial charge on any atom is 0.0207 e. The molecule has 18 heavy (non-hydrogen) atoms. The molecule has 0 bridgehead atoms. The van der Waals surface area contributed by atoms with Gasteiger partial charge in [0.05, 0.1) is 0 Å². The van der Waals surface area contributed by atoms with Gasteiger partial charge in [-0.1, -0.05) is 50.5 Å². The van der Waals surface area contributed by atoms with E-state index in [0.29, 0.717) is 6.04 Å². The highest BCUT2D eigenvalue weighted by atomic mass is 14.9. The molecule has 1 aromatic carbocycles. The second-order valence-corrected chi connectivity index (χ2v) is 5.79. The molecule has 1 aromatic rings. The minimum Gasteiger partial charge on any atom is -0.310 e. The van der Waals surface area contributed by atoms with E-state index in [1.807, 2.05) is 0 Å². The van der Waals surface area contributed by atoms with Crippen molar-refractivity contribution in [2.75, 3.05) is 0 Å². The van der Waals surface area contributed by atoms with Crippen molar-refractivity contribution < 1.29 is 0 Å². The SMILES string of the molecule is CCCCCC(C)NCc1ccc(C2CC2)cc1. The van der Waals surface area contributed by atoms with E-state index in [1.54, 1.807) is 0 Å². The average Bonchev–Trinajstić information content (AvgIpc) is 3.22. The first kappa shape index (κ1) is 13.6. The zero-order chi connectivity index (χ0) is 12.8. The van der Waals surface area contributed by atoms with Crippen LogP contribution in [-0.4, -0.2) is 6.04 Å². The Bertz CT molecular complexity index is 337. The van der Waals surface area contributed by atoms with Gasteiger partial charge in [0.15, 0.2) is 0 Å². The summed E-state index contributed by atoms with van der Waals surface area (Å²) < 4.78 is 0. The molecule has 0 saturated heterocycles. The van der Waals surface area contributed by atoms with Gasteiger partial charge in [-0.2, -0.15) is 0 Å². The van der Waals surface area contributed by atoms with Crippen molar-refractivity contribution in [1.82, 2.24) is 5.32 Å². The molecular weight excluding hydrogens is 218 g/mol. The Kier molecular flexibility index (Phi) is 5.25. The first-order chi connectivity index (χ1) is 8.79. The Morgan fingerprint density at radius 2 is 1.89 bits per heavy atom. The van der Waals surface area contributed by atoms with E-state index in [-0.39, 0.29) is 0 Å². The molecule has 1 saturated carbocycles. The van der Waals surface area contributed by atoms with Crippen molar-refractivity contribution in [2.24, 2.45) is 0 Å². The van der Waals surface area contributed by atoms with Crippen LogP contribution in [0.1, 0.15) is 69.4 Å². The summed E-state index contributed by atoms with van der Waals surface area (Å²) in [6.45, 7) is 5.58. The minimum atomic E-state index is 0.639. The van der Waals surface area contributed by atoms with Gasteiger partial charge in [0.2, 0.25) is 0 Å². The van der Waals surface area contributed by atoms with Crippen LogP contribution < -0.4 is 5.32 Å². The highest BCUT2D eigenvalue weighted by molar-refractivity contribution is 5.27. The third-order valence-electron chi connectivity index (χ3n) is 3.92. The van der Waals surface area contributed by atoms with Crippen LogP contribution in [0.5, 0.6) is 0 Å². The van der Waals surface area contributed by atoms with Crippen molar-refractivity contribution in [2.45, 2.75) is 70.9 Å². The van der Waals surface area contributed by atoms with Crippen LogP contribution in [0.3, 0.4) is 0 Å². The maximum atomic E-state index is 3.62. The van der Waals surface area contributed by atoms with E-state index in [1.165, 1.54) is 49.7 Å². The molecule has 1 fully saturated rings. The number of rotatable bonds is 8. The van der Waals surface area contributed by atoms with Crippen molar-refractivity contribution in [1.29, 1.82) is 0 Å². The van der Waals surface area contributed by atoms with Gasteiger partial charge in [0.1, 0.15) is 0 Å². The van der Waals surface area contributed by atoms with Crippen LogP contribution >= 0.6 is 0 Å². The second kappa shape index (κ2) is 6.94. The van der Waals surface area contributed by atoms with Crippen molar-refractivity contribution in [3.63, 3.8) is 0 Å². The molecule has 0 radical (unpaired) electrons. The van der Waals surface area contributed by atoms with Gasteiger partial charge in [-0.15, -0.1) is 0 Å². The third-order valence-corrected chi connectivity index (χ3v) is 3.92. The Hall–Kier alpha value is -0.820. The Morgan fingerprint density at radius 3 is 2.50 bits per heavy atom. The fraction of sp³-hybridized carbons (Fsp3) is 0.647. The summed E-state index contributed by atoms with van der Waals surface area (Å²) in [6, 6.07) is 9.85.